The van der Waals surface area contributed by atoms with Gasteiger partial charge in [0.1, 0.15) is 17.5 Å². The average molecular weight is 463 g/mol. The van der Waals surface area contributed by atoms with Crippen molar-refractivity contribution in [2.24, 2.45) is 0 Å². The molecule has 0 spiro atoms. The molecule has 7 heteroatoms. The van der Waals surface area contributed by atoms with E-state index in [9.17, 15) is 5.26 Å². The van der Waals surface area contributed by atoms with Crippen molar-refractivity contribution in [1.29, 1.82) is 5.26 Å². The van der Waals surface area contributed by atoms with Crippen LogP contribution in [0.1, 0.15) is 5.56 Å². The monoisotopic (exact) mass is 462 g/mol. The number of thiocarbonyl (C=S) groups is 1. The number of benzene rings is 3. The van der Waals surface area contributed by atoms with E-state index in [0.717, 1.165) is 22.5 Å². The predicted octanol–water partition coefficient (Wildman–Crippen LogP) is 7.13. The van der Waals surface area contributed by atoms with Crippen LogP contribution in [0.2, 0.25) is 10.0 Å². The first kappa shape index (κ1) is 21.0. The molecule has 0 aliphatic carbocycles. The van der Waals surface area contributed by atoms with Crippen molar-refractivity contribution in [3.63, 3.8) is 0 Å². The average Bonchev–Trinajstić information content (AvgIpc) is 3.15. The largest absolute Gasteiger partial charge is 0.332 e. The smallest absolute Gasteiger partial charge is 0.176 e. The van der Waals surface area contributed by atoms with Crippen LogP contribution < -0.4 is 10.6 Å². The number of para-hydroxylation sites is 1. The minimum absolute atomic E-state index is 0.363. The summed E-state index contributed by atoms with van der Waals surface area (Å²) < 4.78 is 1.85. The first-order chi connectivity index (χ1) is 15.1. The van der Waals surface area contributed by atoms with Crippen LogP contribution >= 0.6 is 35.4 Å². The number of nitrogens with zero attached hydrogens (tertiary/aromatic N) is 2. The van der Waals surface area contributed by atoms with Gasteiger partial charge in [0.25, 0.3) is 0 Å². The molecule has 0 aliphatic rings. The minimum Gasteiger partial charge on any atom is -0.332 e. The van der Waals surface area contributed by atoms with E-state index in [-0.39, 0.29) is 0 Å². The Balaban J connectivity index is 1.81. The van der Waals surface area contributed by atoms with E-state index in [1.54, 1.807) is 12.1 Å². The number of nitrogens with one attached hydrogen (secondary N) is 2. The van der Waals surface area contributed by atoms with Crippen LogP contribution in [-0.2, 0) is 0 Å². The standard InChI is InChI=1S/C24H16Cl2N4S/c25-21-12-11-18(13-22(21)26)30-15-20(16-7-3-1-4-8-16)19(14-27)23(30)29-24(31)28-17-9-5-2-6-10-17/h1-13,15H,(H2,28,29,31). The first-order valence-electron chi connectivity index (χ1n) is 9.36. The Kier molecular flexibility index (Phi) is 6.24. The van der Waals surface area contributed by atoms with Gasteiger partial charge in [-0.1, -0.05) is 71.7 Å². The molecule has 0 atom stereocenters. The van der Waals surface area contributed by atoms with Gasteiger partial charge < -0.3 is 15.2 Å². The third kappa shape index (κ3) is 4.57. The fourth-order valence-electron chi connectivity index (χ4n) is 3.21. The van der Waals surface area contributed by atoms with Crippen LogP contribution in [0.25, 0.3) is 16.8 Å². The van der Waals surface area contributed by atoms with Gasteiger partial charge in [0.2, 0.25) is 0 Å². The Morgan fingerprint density at radius 2 is 1.55 bits per heavy atom. The molecular weight excluding hydrogens is 447 g/mol. The Hall–Kier alpha value is -3.30. The van der Waals surface area contributed by atoms with Gasteiger partial charge in [-0.2, -0.15) is 5.26 Å². The third-order valence-corrected chi connectivity index (χ3v) is 5.59. The molecule has 0 radical (unpaired) electrons. The van der Waals surface area contributed by atoms with Crippen molar-refractivity contribution in [3.8, 4) is 22.9 Å². The van der Waals surface area contributed by atoms with Crippen molar-refractivity contribution in [2.75, 3.05) is 10.6 Å². The van der Waals surface area contributed by atoms with E-state index in [1.807, 2.05) is 77.5 Å². The summed E-state index contributed by atoms with van der Waals surface area (Å²) in [5.41, 5.74) is 3.75. The third-order valence-electron chi connectivity index (χ3n) is 4.65. The van der Waals surface area contributed by atoms with Crippen molar-refractivity contribution in [1.82, 2.24) is 4.57 Å². The molecule has 4 nitrogen and oxygen atoms in total. The normalized spacial score (nSPS) is 10.4. The zero-order valence-corrected chi connectivity index (χ0v) is 18.5. The molecule has 0 unspecified atom stereocenters. The first-order valence-corrected chi connectivity index (χ1v) is 10.5. The summed E-state index contributed by atoms with van der Waals surface area (Å²) in [6.07, 6.45) is 1.89. The number of rotatable bonds is 4. The van der Waals surface area contributed by atoms with Crippen molar-refractivity contribution in [2.45, 2.75) is 0 Å². The lowest BCUT2D eigenvalue weighted by Crippen LogP contribution is -2.21. The minimum atomic E-state index is 0.363. The van der Waals surface area contributed by atoms with Gasteiger partial charge in [-0.05, 0) is 48.1 Å². The van der Waals surface area contributed by atoms with Crippen LogP contribution in [0.5, 0.6) is 0 Å². The highest BCUT2D eigenvalue weighted by molar-refractivity contribution is 7.80. The molecule has 4 rings (SSSR count). The van der Waals surface area contributed by atoms with E-state index < -0.39 is 0 Å². The van der Waals surface area contributed by atoms with Crippen LogP contribution in [0.3, 0.4) is 0 Å². The van der Waals surface area contributed by atoms with Gasteiger partial charge in [-0.25, -0.2) is 0 Å². The van der Waals surface area contributed by atoms with Crippen molar-refractivity contribution >= 4 is 52.0 Å². The predicted molar refractivity (Wildman–Crippen MR) is 132 cm³/mol. The molecule has 0 bridgehead atoms. The highest BCUT2D eigenvalue weighted by Gasteiger charge is 2.19. The highest BCUT2D eigenvalue weighted by atomic mass is 35.5. The second kappa shape index (κ2) is 9.23. The molecule has 1 heterocycles. The maximum Gasteiger partial charge on any atom is 0.176 e. The van der Waals surface area contributed by atoms with Gasteiger partial charge in [-0.15, -0.1) is 0 Å². The molecule has 0 saturated heterocycles. The zero-order valence-electron chi connectivity index (χ0n) is 16.1. The maximum atomic E-state index is 10.0. The Morgan fingerprint density at radius 3 is 2.19 bits per heavy atom. The van der Waals surface area contributed by atoms with Gasteiger partial charge in [-0.3, -0.25) is 0 Å². The number of halogens is 2. The maximum absolute atomic E-state index is 10.0. The van der Waals surface area contributed by atoms with E-state index >= 15 is 0 Å². The summed E-state index contributed by atoms with van der Waals surface area (Å²) in [5, 5.41) is 17.6. The molecule has 2 N–H and O–H groups in total. The Bertz CT molecular complexity index is 1280. The Morgan fingerprint density at radius 1 is 0.871 bits per heavy atom. The lowest BCUT2D eigenvalue weighted by atomic mass is 10.1. The fourth-order valence-corrected chi connectivity index (χ4v) is 3.72. The number of nitriles is 1. The zero-order chi connectivity index (χ0) is 21.8. The van der Waals surface area contributed by atoms with Gasteiger partial charge >= 0.3 is 0 Å². The molecule has 3 aromatic carbocycles. The lowest BCUT2D eigenvalue weighted by molar-refractivity contribution is 1.09. The molecule has 0 amide bonds. The van der Waals surface area contributed by atoms with Crippen LogP contribution in [0, 0.1) is 11.3 Å². The number of hydrogen-bond donors (Lipinski definition) is 2. The van der Waals surface area contributed by atoms with Crippen LogP contribution in [-0.4, -0.2) is 9.68 Å². The highest BCUT2D eigenvalue weighted by Crippen LogP contribution is 2.35. The summed E-state index contributed by atoms with van der Waals surface area (Å²) in [7, 11) is 0. The molecule has 0 fully saturated rings. The quantitative estimate of drug-likeness (QED) is 0.316. The molecule has 0 aliphatic heterocycles. The summed E-state index contributed by atoms with van der Waals surface area (Å²) >= 11 is 17.9. The molecule has 0 saturated carbocycles. The molecule has 31 heavy (non-hydrogen) atoms. The summed E-state index contributed by atoms with van der Waals surface area (Å²) in [6, 6.07) is 26.9. The van der Waals surface area contributed by atoms with Crippen LogP contribution in [0.4, 0.5) is 11.5 Å². The van der Waals surface area contributed by atoms with Crippen LogP contribution in [0.15, 0.2) is 85.1 Å². The molecule has 152 valence electrons. The van der Waals surface area contributed by atoms with Gasteiger partial charge in [0.15, 0.2) is 5.11 Å². The summed E-state index contributed by atoms with van der Waals surface area (Å²) in [4.78, 5) is 0. The Labute approximate surface area is 195 Å². The van der Waals surface area contributed by atoms with Gasteiger partial charge in [0, 0.05) is 23.1 Å². The molecular formula is C24H16Cl2N4S. The van der Waals surface area contributed by atoms with E-state index in [2.05, 4.69) is 16.7 Å². The number of aromatic nitrogens is 1. The van der Waals surface area contributed by atoms with E-state index in [0.29, 0.717) is 26.5 Å². The lowest BCUT2D eigenvalue weighted by Gasteiger charge is -2.14. The van der Waals surface area contributed by atoms with Crippen molar-refractivity contribution < 1.29 is 0 Å². The fraction of sp³-hybridized carbons (Fsp3) is 0. The summed E-state index contributed by atoms with van der Waals surface area (Å²) in [6.45, 7) is 0. The van der Waals surface area contributed by atoms with E-state index in [4.69, 9.17) is 35.4 Å². The summed E-state index contributed by atoms with van der Waals surface area (Å²) in [5.74, 6) is 0.535. The van der Waals surface area contributed by atoms with Gasteiger partial charge in [0.05, 0.1) is 10.0 Å². The van der Waals surface area contributed by atoms with E-state index in [1.165, 1.54) is 0 Å². The SMILES string of the molecule is N#Cc1c(-c2ccccc2)cn(-c2ccc(Cl)c(Cl)c2)c1NC(=S)Nc1ccccc1. The molecule has 4 aromatic rings. The topological polar surface area (TPSA) is 52.8 Å². The molecule has 1 aromatic heterocycles. The number of hydrogen-bond acceptors (Lipinski definition) is 2. The second-order valence-electron chi connectivity index (χ2n) is 6.66. The number of anilines is 2. The second-order valence-corrected chi connectivity index (χ2v) is 7.88. The van der Waals surface area contributed by atoms with Crippen molar-refractivity contribution in [3.05, 3.63) is 101 Å².